The number of benzene rings is 1. The summed E-state index contributed by atoms with van der Waals surface area (Å²) in [5, 5.41) is 16.1. The summed E-state index contributed by atoms with van der Waals surface area (Å²) < 4.78 is 11.9. The van der Waals surface area contributed by atoms with Crippen molar-refractivity contribution in [2.24, 2.45) is 11.8 Å². The summed E-state index contributed by atoms with van der Waals surface area (Å²) in [6.45, 7) is 5.37. The molecule has 1 saturated heterocycles. The predicted molar refractivity (Wildman–Crippen MR) is 148 cm³/mol. The molecule has 1 aromatic carbocycles. The molecule has 10 heteroatoms. The Hall–Kier alpha value is -2.85. The second-order valence-electron chi connectivity index (χ2n) is 11.3. The molecule has 0 radical (unpaired) electrons. The molecule has 3 N–H and O–H groups in total. The molecule has 4 rings (SSSR count). The molecule has 39 heavy (non-hydrogen) atoms. The zero-order valence-electron chi connectivity index (χ0n) is 23.5. The van der Waals surface area contributed by atoms with Crippen molar-refractivity contribution in [1.82, 2.24) is 15.1 Å². The Morgan fingerprint density at radius 3 is 2.56 bits per heavy atom. The van der Waals surface area contributed by atoms with E-state index in [4.69, 9.17) is 9.47 Å². The second-order valence-corrected chi connectivity index (χ2v) is 11.3. The highest BCUT2D eigenvalue weighted by Crippen LogP contribution is 2.35. The van der Waals surface area contributed by atoms with Crippen molar-refractivity contribution in [2.45, 2.75) is 77.0 Å². The van der Waals surface area contributed by atoms with Gasteiger partial charge in [0.05, 0.1) is 30.4 Å². The number of amides is 4. The monoisotopic (exact) mass is 544 g/mol. The van der Waals surface area contributed by atoms with Crippen LogP contribution in [0.15, 0.2) is 18.2 Å². The van der Waals surface area contributed by atoms with Crippen LogP contribution in [0.2, 0.25) is 0 Å². The largest absolute Gasteiger partial charge is 0.485 e. The summed E-state index contributed by atoms with van der Waals surface area (Å²) in [6.07, 6.45) is 6.29. The first-order valence-electron chi connectivity index (χ1n) is 14.4. The maximum Gasteiger partial charge on any atom is 0.317 e. The van der Waals surface area contributed by atoms with Gasteiger partial charge in [-0.3, -0.25) is 9.59 Å². The Morgan fingerprint density at radius 1 is 1.15 bits per heavy atom. The third kappa shape index (κ3) is 7.22. The van der Waals surface area contributed by atoms with Gasteiger partial charge in [-0.05, 0) is 44.7 Å². The summed E-state index contributed by atoms with van der Waals surface area (Å²) in [5.41, 5.74) is 0.758. The Kier molecular flexibility index (Phi) is 10.1. The molecule has 1 saturated carbocycles. The number of carbonyl (C=O) groups is 3. The van der Waals surface area contributed by atoms with Crippen LogP contribution in [0.5, 0.6) is 5.75 Å². The number of urea groups is 1. The number of carbonyl (C=O) groups excluding carboxylic acids is 3. The van der Waals surface area contributed by atoms with E-state index in [1.54, 1.807) is 35.0 Å². The number of likely N-dealkylation sites (N-methyl/N-ethyl adjacent to an activating group) is 1. The second kappa shape index (κ2) is 13.5. The van der Waals surface area contributed by atoms with Gasteiger partial charge in [0, 0.05) is 44.7 Å². The summed E-state index contributed by atoms with van der Waals surface area (Å²) in [6, 6.07) is 4.80. The number of fused-ring (bicyclic) bond motifs is 1. The van der Waals surface area contributed by atoms with Crippen LogP contribution in [0.1, 0.15) is 69.2 Å². The third-order valence-corrected chi connectivity index (χ3v) is 8.27. The summed E-state index contributed by atoms with van der Waals surface area (Å²) in [5.74, 6) is -0.411. The summed E-state index contributed by atoms with van der Waals surface area (Å²) in [4.78, 5) is 43.1. The number of ether oxygens (including phenoxy) is 2. The van der Waals surface area contributed by atoms with Gasteiger partial charge in [0.2, 0.25) is 5.91 Å². The Morgan fingerprint density at radius 2 is 1.87 bits per heavy atom. The lowest BCUT2D eigenvalue weighted by Crippen LogP contribution is -2.52. The van der Waals surface area contributed by atoms with E-state index >= 15 is 0 Å². The molecule has 0 spiro atoms. The van der Waals surface area contributed by atoms with Gasteiger partial charge in [-0.1, -0.05) is 32.3 Å². The van der Waals surface area contributed by atoms with E-state index in [9.17, 15) is 19.5 Å². The quantitative estimate of drug-likeness (QED) is 0.485. The zero-order chi connectivity index (χ0) is 27.9. The van der Waals surface area contributed by atoms with Crippen LogP contribution in [-0.2, 0) is 9.53 Å². The minimum atomic E-state index is -0.450. The van der Waals surface area contributed by atoms with Gasteiger partial charge in [0.15, 0.2) is 5.75 Å². The van der Waals surface area contributed by atoms with Crippen LogP contribution in [0.25, 0.3) is 0 Å². The zero-order valence-corrected chi connectivity index (χ0v) is 23.5. The van der Waals surface area contributed by atoms with Crippen LogP contribution in [0.3, 0.4) is 0 Å². The number of nitrogens with one attached hydrogen (secondary N) is 2. The minimum Gasteiger partial charge on any atom is -0.485 e. The molecule has 10 nitrogen and oxygen atoms in total. The number of hydrogen-bond donors (Lipinski definition) is 3. The van der Waals surface area contributed by atoms with E-state index in [1.807, 2.05) is 13.8 Å². The highest BCUT2D eigenvalue weighted by Gasteiger charge is 2.35. The maximum absolute atomic E-state index is 13.7. The lowest BCUT2D eigenvalue weighted by molar-refractivity contribution is -0.122. The van der Waals surface area contributed by atoms with E-state index in [2.05, 4.69) is 10.6 Å². The van der Waals surface area contributed by atoms with Gasteiger partial charge >= 0.3 is 6.03 Å². The van der Waals surface area contributed by atoms with Crippen molar-refractivity contribution in [3.8, 4) is 5.75 Å². The number of hydrogen-bond acceptors (Lipinski definition) is 6. The van der Waals surface area contributed by atoms with Crippen molar-refractivity contribution >= 4 is 23.5 Å². The molecular weight excluding hydrogens is 500 g/mol. The van der Waals surface area contributed by atoms with Crippen LogP contribution in [0, 0.1) is 11.8 Å². The van der Waals surface area contributed by atoms with Gasteiger partial charge in [0.1, 0.15) is 6.10 Å². The number of aliphatic hydroxyl groups excluding tert-OH is 1. The fourth-order valence-corrected chi connectivity index (χ4v) is 5.64. The van der Waals surface area contributed by atoms with Gasteiger partial charge in [0.25, 0.3) is 5.91 Å². The molecule has 4 amide bonds. The Labute approximate surface area is 231 Å². The molecule has 3 atom stereocenters. The molecule has 2 heterocycles. The minimum absolute atomic E-state index is 0.126. The van der Waals surface area contributed by atoms with Crippen LogP contribution in [0.4, 0.5) is 10.5 Å². The number of rotatable bonds is 7. The van der Waals surface area contributed by atoms with E-state index in [1.165, 1.54) is 6.42 Å². The SMILES string of the molecule is C[C@@H]1CN([C@H](C)CO)C(=O)c2cccc(NC(=O)C3CCOCC3)c2O[C@@H]1CN(C)C(=O)NC1CCCCC1. The van der Waals surface area contributed by atoms with Crippen LogP contribution < -0.4 is 15.4 Å². The van der Waals surface area contributed by atoms with Crippen molar-refractivity contribution in [2.75, 3.05) is 45.3 Å². The van der Waals surface area contributed by atoms with Crippen molar-refractivity contribution in [3.05, 3.63) is 23.8 Å². The van der Waals surface area contributed by atoms with Gasteiger partial charge in [-0.15, -0.1) is 0 Å². The standard InChI is InChI=1S/C29H44N4O6/c1-19-16-33(20(2)18-34)28(36)23-10-7-11-24(31-27(35)21-12-14-38-15-13-21)26(23)39-25(19)17-32(3)29(37)30-22-8-5-4-6-9-22/h7,10-11,19-22,25,34H,4-6,8-9,12-18H2,1-3H3,(H,30,37)(H,31,35)/t19-,20-,25-/m1/s1. The smallest absolute Gasteiger partial charge is 0.317 e. The Bertz CT molecular complexity index is 1010. The van der Waals surface area contributed by atoms with E-state index < -0.39 is 12.1 Å². The van der Waals surface area contributed by atoms with Crippen molar-refractivity contribution < 1.29 is 29.0 Å². The van der Waals surface area contributed by atoms with E-state index in [-0.39, 0.29) is 42.3 Å². The maximum atomic E-state index is 13.7. The third-order valence-electron chi connectivity index (χ3n) is 8.27. The van der Waals surface area contributed by atoms with Crippen LogP contribution >= 0.6 is 0 Å². The normalized spacial score (nSPS) is 23.6. The fourth-order valence-electron chi connectivity index (χ4n) is 5.64. The highest BCUT2D eigenvalue weighted by molar-refractivity contribution is 6.02. The molecule has 3 aliphatic rings. The first-order valence-corrected chi connectivity index (χ1v) is 14.4. The molecule has 2 aliphatic heterocycles. The van der Waals surface area contributed by atoms with Crippen molar-refractivity contribution in [3.63, 3.8) is 0 Å². The number of anilines is 1. The van der Waals surface area contributed by atoms with Gasteiger partial charge in [-0.2, -0.15) is 0 Å². The molecule has 0 unspecified atom stereocenters. The summed E-state index contributed by atoms with van der Waals surface area (Å²) >= 11 is 0. The van der Waals surface area contributed by atoms with E-state index in [0.29, 0.717) is 56.1 Å². The molecule has 216 valence electrons. The average molecular weight is 545 g/mol. The molecule has 0 aromatic heterocycles. The number of para-hydroxylation sites is 1. The van der Waals surface area contributed by atoms with Gasteiger partial charge < -0.3 is 35.0 Å². The predicted octanol–water partition coefficient (Wildman–Crippen LogP) is 3.25. The van der Waals surface area contributed by atoms with Crippen LogP contribution in [-0.4, -0.2) is 90.9 Å². The first kappa shape index (κ1) is 29.1. The van der Waals surface area contributed by atoms with E-state index in [0.717, 1.165) is 25.7 Å². The average Bonchev–Trinajstić information content (AvgIpc) is 2.95. The molecule has 2 fully saturated rings. The summed E-state index contributed by atoms with van der Waals surface area (Å²) in [7, 11) is 1.76. The van der Waals surface area contributed by atoms with Crippen molar-refractivity contribution in [1.29, 1.82) is 0 Å². The number of aliphatic hydroxyl groups is 1. The fraction of sp³-hybridized carbons (Fsp3) is 0.690. The molecular formula is C29H44N4O6. The lowest BCUT2D eigenvalue weighted by Gasteiger charge is -2.38. The lowest BCUT2D eigenvalue weighted by atomic mass is 9.96. The number of nitrogens with zero attached hydrogens (tertiary/aromatic N) is 2. The molecule has 0 bridgehead atoms. The molecule has 1 aliphatic carbocycles. The topological polar surface area (TPSA) is 120 Å². The molecule has 1 aromatic rings. The van der Waals surface area contributed by atoms with Gasteiger partial charge in [-0.25, -0.2) is 4.79 Å². The highest BCUT2D eigenvalue weighted by atomic mass is 16.5. The Balaban J connectivity index is 1.59. The first-order chi connectivity index (χ1) is 18.8.